The Hall–Kier alpha value is -0.120. The zero-order chi connectivity index (χ0) is 9.35. The van der Waals surface area contributed by atoms with Crippen molar-refractivity contribution < 1.29 is 8.78 Å². The first-order valence-electron chi connectivity index (χ1n) is 2.79. The van der Waals surface area contributed by atoms with Crippen molar-refractivity contribution in [3.63, 3.8) is 0 Å². The van der Waals surface area contributed by atoms with Crippen LogP contribution < -0.4 is 0 Å². The van der Waals surface area contributed by atoms with E-state index in [0.29, 0.717) is 0 Å². The van der Waals surface area contributed by atoms with Crippen LogP contribution in [0.3, 0.4) is 0 Å². The second-order valence-electron chi connectivity index (χ2n) is 1.99. The van der Waals surface area contributed by atoms with E-state index < -0.39 is 10.9 Å². The van der Waals surface area contributed by atoms with Crippen molar-refractivity contribution in [2.75, 3.05) is 0 Å². The molecule has 1 aromatic heterocycles. The van der Waals surface area contributed by atoms with E-state index in [1.165, 1.54) is 0 Å². The van der Waals surface area contributed by atoms with Crippen LogP contribution in [0.5, 0.6) is 0 Å². The van der Waals surface area contributed by atoms with Crippen molar-refractivity contribution >= 4 is 34.8 Å². The summed E-state index contributed by atoms with van der Waals surface area (Å²) < 4.78 is 24.8. The average Bonchev–Trinajstić information content (AvgIpc) is 1.92. The van der Waals surface area contributed by atoms with Crippen LogP contribution in [0.2, 0.25) is 10.2 Å². The molecule has 0 amide bonds. The Morgan fingerprint density at radius 3 is 2.33 bits per heavy atom. The van der Waals surface area contributed by atoms with Gasteiger partial charge in [0.2, 0.25) is 0 Å². The van der Waals surface area contributed by atoms with E-state index >= 15 is 0 Å². The van der Waals surface area contributed by atoms with Gasteiger partial charge in [-0.25, -0.2) is 4.98 Å². The summed E-state index contributed by atoms with van der Waals surface area (Å²) in [5, 5.41) is -3.53. The van der Waals surface area contributed by atoms with Crippen LogP contribution in [0, 0.1) is 0 Å². The number of nitrogens with zero attached hydrogens (tertiary/aromatic N) is 1. The first-order valence-corrected chi connectivity index (χ1v) is 3.93. The first-order chi connectivity index (χ1) is 5.41. The molecule has 6 heteroatoms. The molecule has 12 heavy (non-hydrogen) atoms. The normalized spacial score (nSPS) is 11.8. The number of halogens is 5. The van der Waals surface area contributed by atoms with Crippen molar-refractivity contribution in [2.45, 2.75) is 5.38 Å². The molecule has 0 saturated carbocycles. The lowest BCUT2D eigenvalue weighted by molar-refractivity contribution is 0.0947. The largest absolute Gasteiger partial charge is 0.349 e. The number of hydrogen-bond donors (Lipinski definition) is 0. The third kappa shape index (κ3) is 2.19. The first kappa shape index (κ1) is 9.96. The summed E-state index contributed by atoms with van der Waals surface area (Å²) in [4.78, 5) is 3.41. The molecule has 0 spiro atoms. The molecule has 0 N–H and O–H groups in total. The maximum absolute atomic E-state index is 12.4. The molecule has 1 nitrogen and oxygen atoms in total. The van der Waals surface area contributed by atoms with Gasteiger partial charge in [-0.3, -0.25) is 0 Å². The van der Waals surface area contributed by atoms with Crippen LogP contribution in [0.1, 0.15) is 5.56 Å². The minimum Gasteiger partial charge on any atom is -0.242 e. The Kier molecular flexibility index (Phi) is 2.76. The molecule has 0 fully saturated rings. The van der Waals surface area contributed by atoms with Gasteiger partial charge in [0.05, 0.1) is 10.6 Å². The molecule has 0 aliphatic rings. The zero-order valence-electron chi connectivity index (χ0n) is 5.49. The molecule has 0 aromatic carbocycles. The van der Waals surface area contributed by atoms with Gasteiger partial charge >= 0.3 is 5.38 Å². The van der Waals surface area contributed by atoms with E-state index in [1.807, 2.05) is 0 Å². The molecule has 66 valence electrons. The lowest BCUT2D eigenvalue weighted by atomic mass is 10.3. The Morgan fingerprint density at radius 1 is 1.33 bits per heavy atom. The Labute approximate surface area is 82.3 Å². The zero-order valence-corrected chi connectivity index (χ0v) is 7.76. The molecule has 0 aliphatic carbocycles. The van der Waals surface area contributed by atoms with Gasteiger partial charge in [0.1, 0.15) is 5.15 Å². The Bertz CT molecular complexity index is 297. The van der Waals surface area contributed by atoms with Gasteiger partial charge in [-0.2, -0.15) is 8.78 Å². The van der Waals surface area contributed by atoms with Crippen molar-refractivity contribution in [2.24, 2.45) is 0 Å². The Balaban J connectivity index is 3.14. The lowest BCUT2D eigenvalue weighted by Crippen LogP contribution is -2.03. The standard InChI is InChI=1S/C6H2Cl3F2N/c7-4-1-3(6(9,10)11)2-12-5(4)8/h1-2H. The minimum absolute atomic E-state index is 0.0265. The molecule has 0 radical (unpaired) electrons. The fourth-order valence-electron chi connectivity index (χ4n) is 0.576. The average molecular weight is 232 g/mol. The van der Waals surface area contributed by atoms with Gasteiger partial charge in [-0.1, -0.05) is 23.2 Å². The molecule has 0 bridgehead atoms. The van der Waals surface area contributed by atoms with E-state index in [9.17, 15) is 8.78 Å². The number of aromatic nitrogens is 1. The highest BCUT2D eigenvalue weighted by Crippen LogP contribution is 2.34. The monoisotopic (exact) mass is 231 g/mol. The van der Waals surface area contributed by atoms with E-state index in [-0.39, 0.29) is 10.2 Å². The van der Waals surface area contributed by atoms with Gasteiger partial charge in [-0.05, 0) is 17.7 Å². The van der Waals surface area contributed by atoms with Crippen molar-refractivity contribution in [1.82, 2.24) is 4.98 Å². The van der Waals surface area contributed by atoms with Crippen LogP contribution in [0.25, 0.3) is 0 Å². The number of rotatable bonds is 1. The summed E-state index contributed by atoms with van der Waals surface area (Å²) in [6, 6.07) is 0.976. The van der Waals surface area contributed by atoms with Gasteiger partial charge in [0.15, 0.2) is 0 Å². The summed E-state index contributed by atoms with van der Waals surface area (Å²) in [7, 11) is 0. The quantitative estimate of drug-likeness (QED) is 0.532. The van der Waals surface area contributed by atoms with Crippen LogP contribution in [-0.2, 0) is 5.38 Å². The fraction of sp³-hybridized carbons (Fsp3) is 0.167. The maximum Gasteiger partial charge on any atom is 0.349 e. The lowest BCUT2D eigenvalue weighted by Gasteiger charge is -2.07. The maximum atomic E-state index is 12.4. The summed E-state index contributed by atoms with van der Waals surface area (Å²) in [5.74, 6) is 0. The predicted molar refractivity (Wildman–Crippen MR) is 44.0 cm³/mol. The predicted octanol–water partition coefficient (Wildman–Crippen LogP) is 3.68. The second-order valence-corrected chi connectivity index (χ2v) is 3.23. The third-order valence-electron chi connectivity index (χ3n) is 1.12. The van der Waals surface area contributed by atoms with Gasteiger partial charge in [-0.15, -0.1) is 0 Å². The van der Waals surface area contributed by atoms with Crippen LogP contribution in [-0.4, -0.2) is 4.98 Å². The topological polar surface area (TPSA) is 12.9 Å². The molecular weight excluding hydrogens is 230 g/mol. The second kappa shape index (κ2) is 3.32. The van der Waals surface area contributed by atoms with Gasteiger partial charge in [0.25, 0.3) is 0 Å². The summed E-state index contributed by atoms with van der Waals surface area (Å²) in [6.45, 7) is 0. The van der Waals surface area contributed by atoms with Crippen molar-refractivity contribution in [3.05, 3.63) is 28.0 Å². The summed E-state index contributed by atoms with van der Waals surface area (Å²) >= 11 is 15.5. The van der Waals surface area contributed by atoms with Crippen molar-refractivity contribution in [1.29, 1.82) is 0 Å². The van der Waals surface area contributed by atoms with Gasteiger partial charge < -0.3 is 0 Å². The smallest absolute Gasteiger partial charge is 0.242 e. The summed E-state index contributed by atoms with van der Waals surface area (Å²) in [6.07, 6.45) is 0.876. The molecule has 1 rings (SSSR count). The molecule has 0 saturated heterocycles. The number of pyridine rings is 1. The highest BCUT2D eigenvalue weighted by Gasteiger charge is 2.28. The molecule has 0 aliphatic heterocycles. The minimum atomic E-state index is -3.46. The van der Waals surface area contributed by atoms with Crippen LogP contribution in [0.15, 0.2) is 12.3 Å². The van der Waals surface area contributed by atoms with E-state index in [2.05, 4.69) is 4.98 Å². The Morgan fingerprint density at radius 2 is 1.92 bits per heavy atom. The highest BCUT2D eigenvalue weighted by molar-refractivity contribution is 6.41. The van der Waals surface area contributed by atoms with Crippen LogP contribution in [0.4, 0.5) is 8.78 Å². The molecular formula is C6H2Cl3F2N. The van der Waals surface area contributed by atoms with E-state index in [1.54, 1.807) is 0 Å². The molecule has 0 atom stereocenters. The third-order valence-corrected chi connectivity index (χ3v) is 2.03. The highest BCUT2D eigenvalue weighted by atomic mass is 35.5. The number of alkyl halides is 3. The van der Waals surface area contributed by atoms with E-state index in [4.69, 9.17) is 34.8 Å². The molecule has 0 unspecified atom stereocenters. The van der Waals surface area contributed by atoms with Crippen molar-refractivity contribution in [3.8, 4) is 0 Å². The van der Waals surface area contributed by atoms with Crippen LogP contribution >= 0.6 is 34.8 Å². The number of hydrogen-bond acceptors (Lipinski definition) is 1. The molecule has 1 aromatic rings. The summed E-state index contributed by atoms with van der Waals surface area (Å²) in [5.41, 5.74) is -0.474. The molecule has 1 heterocycles. The SMILES string of the molecule is FC(F)(Cl)c1cnc(Cl)c(Cl)c1. The van der Waals surface area contributed by atoms with E-state index in [0.717, 1.165) is 12.3 Å². The van der Waals surface area contributed by atoms with Gasteiger partial charge in [0, 0.05) is 6.20 Å². The fourth-order valence-corrected chi connectivity index (χ4v) is 0.949.